The molecule has 0 saturated heterocycles. The van der Waals surface area contributed by atoms with E-state index in [1.165, 1.54) is 11.1 Å². The second kappa shape index (κ2) is 8.16. The van der Waals surface area contributed by atoms with E-state index in [1.807, 2.05) is 52.0 Å². The Morgan fingerprint density at radius 1 is 0.640 bits per heavy atom. The lowest BCUT2D eigenvalue weighted by Gasteiger charge is -2.27. The first-order valence-electron chi connectivity index (χ1n) is 9.54. The number of benzene rings is 2. The van der Waals surface area contributed by atoms with Gasteiger partial charge in [-0.25, -0.2) is 0 Å². The van der Waals surface area contributed by atoms with Crippen LogP contribution in [0.2, 0.25) is 0 Å². The van der Waals surface area contributed by atoms with Gasteiger partial charge in [0, 0.05) is 0 Å². The summed E-state index contributed by atoms with van der Waals surface area (Å²) in [5, 5.41) is 21.5. The average molecular weight is 341 g/mol. The van der Waals surface area contributed by atoms with Crippen LogP contribution in [0, 0.1) is 0 Å². The lowest BCUT2D eigenvalue weighted by Crippen LogP contribution is -2.23. The van der Waals surface area contributed by atoms with Gasteiger partial charge in [-0.2, -0.15) is 0 Å². The van der Waals surface area contributed by atoms with Crippen molar-refractivity contribution in [2.24, 2.45) is 0 Å². The molecule has 0 amide bonds. The van der Waals surface area contributed by atoms with Gasteiger partial charge >= 0.3 is 0 Å². The van der Waals surface area contributed by atoms with E-state index in [4.69, 9.17) is 0 Å². The summed E-state index contributed by atoms with van der Waals surface area (Å²) in [6.45, 7) is 8.10. The fraction of sp³-hybridized carbons (Fsp3) is 0.478. The molecule has 0 atom stereocenters. The van der Waals surface area contributed by atoms with Crippen LogP contribution in [0.1, 0.15) is 75.6 Å². The average Bonchev–Trinajstić information content (AvgIpc) is 2.67. The first kappa shape index (κ1) is 19.7. The molecule has 2 aromatic carbocycles. The van der Waals surface area contributed by atoms with E-state index in [9.17, 15) is 10.2 Å². The highest BCUT2D eigenvalue weighted by atomic mass is 16.3. The molecule has 0 fully saturated rings. The van der Waals surface area contributed by atoms with E-state index >= 15 is 0 Å². The predicted molar refractivity (Wildman–Crippen MR) is 105 cm³/mol. The van der Waals surface area contributed by atoms with E-state index in [2.05, 4.69) is 24.3 Å². The van der Waals surface area contributed by atoms with Gasteiger partial charge in [-0.15, -0.1) is 0 Å². The second-order valence-electron chi connectivity index (χ2n) is 7.05. The molecule has 0 aliphatic heterocycles. The lowest BCUT2D eigenvalue weighted by molar-refractivity contribution is 0.0281. The Labute approximate surface area is 152 Å². The Kier molecular flexibility index (Phi) is 6.42. The molecule has 0 unspecified atom stereocenters. The lowest BCUT2D eigenvalue weighted by atomic mass is 9.85. The minimum Gasteiger partial charge on any atom is -0.385 e. The van der Waals surface area contributed by atoms with Crippen molar-refractivity contribution in [1.29, 1.82) is 0 Å². The van der Waals surface area contributed by atoms with E-state index in [-0.39, 0.29) is 0 Å². The largest absolute Gasteiger partial charge is 0.385 e. The zero-order valence-corrected chi connectivity index (χ0v) is 16.0. The highest BCUT2D eigenvalue weighted by Gasteiger charge is 2.26. The molecule has 0 aromatic heterocycles. The summed E-state index contributed by atoms with van der Waals surface area (Å²) in [6.07, 6.45) is 3.64. The van der Waals surface area contributed by atoms with E-state index < -0.39 is 11.2 Å². The first-order chi connectivity index (χ1) is 11.9. The highest BCUT2D eigenvalue weighted by molar-refractivity contribution is 5.35. The summed E-state index contributed by atoms with van der Waals surface area (Å²) in [5.74, 6) is 0. The summed E-state index contributed by atoms with van der Waals surface area (Å²) in [5.41, 5.74) is 2.86. The van der Waals surface area contributed by atoms with Crippen molar-refractivity contribution in [2.75, 3.05) is 0 Å². The predicted octanol–water partition coefficient (Wildman–Crippen LogP) is 5.29. The minimum atomic E-state index is -0.747. The van der Waals surface area contributed by atoms with Gasteiger partial charge in [-0.1, -0.05) is 76.2 Å². The van der Waals surface area contributed by atoms with Crippen LogP contribution >= 0.6 is 0 Å². The molecular weight excluding hydrogens is 308 g/mol. The molecule has 136 valence electrons. The number of hydrogen-bond acceptors (Lipinski definition) is 2. The number of hydrogen-bond donors (Lipinski definition) is 2. The molecule has 2 heteroatoms. The van der Waals surface area contributed by atoms with Crippen LogP contribution in [0.15, 0.2) is 48.5 Å². The Hall–Kier alpha value is -1.64. The standard InChI is InChI=1S/C23H32O2/c1-5-22(24,6-2)20-13-9-11-18(16-20)15-19-12-10-14-21(17-19)23(25,7-3)8-4/h9-14,16-17,24-25H,5-8,15H2,1-4H3. The summed E-state index contributed by atoms with van der Waals surface area (Å²) in [4.78, 5) is 0. The zero-order valence-electron chi connectivity index (χ0n) is 16.0. The second-order valence-corrected chi connectivity index (χ2v) is 7.05. The summed E-state index contributed by atoms with van der Waals surface area (Å²) in [6, 6.07) is 16.5. The van der Waals surface area contributed by atoms with Crippen molar-refractivity contribution in [2.45, 2.75) is 71.0 Å². The maximum Gasteiger partial charge on any atom is 0.0891 e. The van der Waals surface area contributed by atoms with Gasteiger partial charge in [0.05, 0.1) is 11.2 Å². The van der Waals surface area contributed by atoms with Crippen molar-refractivity contribution < 1.29 is 10.2 Å². The Balaban J connectivity index is 2.29. The van der Waals surface area contributed by atoms with Crippen LogP contribution in [0.4, 0.5) is 0 Å². The third kappa shape index (κ3) is 4.31. The fourth-order valence-electron chi connectivity index (χ4n) is 3.49. The van der Waals surface area contributed by atoms with Gasteiger partial charge in [0.15, 0.2) is 0 Å². The SMILES string of the molecule is CCC(O)(CC)c1cccc(Cc2cccc(C(O)(CC)CC)c2)c1. The summed E-state index contributed by atoms with van der Waals surface area (Å²) in [7, 11) is 0. The Bertz CT molecular complexity index is 622. The molecule has 0 heterocycles. The van der Waals surface area contributed by atoms with Crippen molar-refractivity contribution in [1.82, 2.24) is 0 Å². The van der Waals surface area contributed by atoms with Gasteiger partial charge < -0.3 is 10.2 Å². The summed E-state index contributed by atoms with van der Waals surface area (Å²) >= 11 is 0. The molecule has 0 bridgehead atoms. The molecule has 0 aliphatic rings. The van der Waals surface area contributed by atoms with Crippen LogP contribution in [0.3, 0.4) is 0 Å². The number of aliphatic hydroxyl groups is 2. The van der Waals surface area contributed by atoms with Gasteiger partial charge in [0.25, 0.3) is 0 Å². The van der Waals surface area contributed by atoms with Crippen LogP contribution in [0.25, 0.3) is 0 Å². The van der Waals surface area contributed by atoms with E-state index in [0.717, 1.165) is 17.5 Å². The minimum absolute atomic E-state index is 0.711. The normalized spacial score (nSPS) is 12.4. The fourth-order valence-corrected chi connectivity index (χ4v) is 3.49. The van der Waals surface area contributed by atoms with Gasteiger partial charge in [0.2, 0.25) is 0 Å². The van der Waals surface area contributed by atoms with Gasteiger partial charge in [-0.05, 0) is 54.4 Å². The quantitative estimate of drug-likeness (QED) is 0.685. The number of rotatable bonds is 8. The van der Waals surface area contributed by atoms with E-state index in [0.29, 0.717) is 25.7 Å². The van der Waals surface area contributed by atoms with Crippen molar-refractivity contribution in [3.63, 3.8) is 0 Å². The van der Waals surface area contributed by atoms with Crippen LogP contribution in [-0.2, 0) is 17.6 Å². The highest BCUT2D eigenvalue weighted by Crippen LogP contribution is 2.31. The van der Waals surface area contributed by atoms with Gasteiger partial charge in [0.1, 0.15) is 0 Å². The first-order valence-corrected chi connectivity index (χ1v) is 9.54. The molecule has 2 N–H and O–H groups in total. The molecule has 0 aliphatic carbocycles. The molecule has 2 aromatic rings. The Morgan fingerprint density at radius 2 is 1.00 bits per heavy atom. The maximum atomic E-state index is 10.8. The maximum absolute atomic E-state index is 10.8. The van der Waals surface area contributed by atoms with Crippen molar-refractivity contribution in [3.8, 4) is 0 Å². The molecule has 2 rings (SSSR count). The Morgan fingerprint density at radius 3 is 1.32 bits per heavy atom. The molecule has 0 saturated carbocycles. The third-order valence-corrected chi connectivity index (χ3v) is 5.68. The third-order valence-electron chi connectivity index (χ3n) is 5.68. The van der Waals surface area contributed by atoms with Crippen LogP contribution in [0.5, 0.6) is 0 Å². The van der Waals surface area contributed by atoms with E-state index in [1.54, 1.807) is 0 Å². The topological polar surface area (TPSA) is 40.5 Å². The zero-order chi connectivity index (χ0) is 18.5. The summed E-state index contributed by atoms with van der Waals surface area (Å²) < 4.78 is 0. The van der Waals surface area contributed by atoms with Gasteiger partial charge in [-0.3, -0.25) is 0 Å². The molecular formula is C23H32O2. The molecule has 25 heavy (non-hydrogen) atoms. The van der Waals surface area contributed by atoms with Crippen molar-refractivity contribution in [3.05, 3.63) is 70.8 Å². The van der Waals surface area contributed by atoms with Crippen LogP contribution < -0.4 is 0 Å². The molecule has 0 radical (unpaired) electrons. The smallest absolute Gasteiger partial charge is 0.0891 e. The van der Waals surface area contributed by atoms with Crippen LogP contribution in [-0.4, -0.2) is 10.2 Å². The molecule has 0 spiro atoms. The monoisotopic (exact) mass is 340 g/mol. The molecule has 2 nitrogen and oxygen atoms in total. The van der Waals surface area contributed by atoms with Crippen molar-refractivity contribution >= 4 is 0 Å².